The lowest BCUT2D eigenvalue weighted by molar-refractivity contribution is 0.243. The van der Waals surface area contributed by atoms with Gasteiger partial charge in [-0.1, -0.05) is 48.5 Å². The van der Waals surface area contributed by atoms with Crippen LogP contribution in [0.3, 0.4) is 0 Å². The third kappa shape index (κ3) is 5.67. The minimum Gasteiger partial charge on any atom is -0.490 e. The lowest BCUT2D eigenvalue weighted by Crippen LogP contribution is -2.15. The summed E-state index contributed by atoms with van der Waals surface area (Å²) in [7, 11) is -3.89. The van der Waals surface area contributed by atoms with Crippen molar-refractivity contribution in [3.8, 4) is 28.6 Å². The van der Waals surface area contributed by atoms with E-state index in [2.05, 4.69) is 14.7 Å². The Bertz CT molecular complexity index is 1330. The van der Waals surface area contributed by atoms with Crippen LogP contribution >= 0.6 is 0 Å². The fourth-order valence-corrected chi connectivity index (χ4v) is 4.05. The molecule has 168 valence electrons. The van der Waals surface area contributed by atoms with Crippen LogP contribution < -0.4 is 14.2 Å². The van der Waals surface area contributed by atoms with Gasteiger partial charge < -0.3 is 9.47 Å². The number of ether oxygens (including phenoxy) is 2. The summed E-state index contributed by atoms with van der Waals surface area (Å²) in [5, 5.41) is 0. The molecule has 0 amide bonds. The second kappa shape index (κ2) is 9.70. The molecule has 0 fully saturated rings. The van der Waals surface area contributed by atoms with E-state index in [1.807, 2.05) is 56.3 Å². The predicted octanol–water partition coefficient (Wildman–Crippen LogP) is 5.52. The summed E-state index contributed by atoms with van der Waals surface area (Å²) < 4.78 is 40.0. The molecule has 33 heavy (non-hydrogen) atoms. The summed E-state index contributed by atoms with van der Waals surface area (Å²) in [4.78, 5) is 8.86. The first-order chi connectivity index (χ1) is 15.9. The highest BCUT2D eigenvalue weighted by atomic mass is 32.2. The van der Waals surface area contributed by atoms with Gasteiger partial charge in [0.15, 0.2) is 0 Å². The SMILES string of the molecule is CC(C)Oc1ccccc1-c1cc(Oc2ccccc2)nc(NS(=O)(=O)c2ccccc2)n1. The predicted molar refractivity (Wildman–Crippen MR) is 127 cm³/mol. The maximum atomic E-state index is 12.9. The van der Waals surface area contributed by atoms with Crippen molar-refractivity contribution in [3.63, 3.8) is 0 Å². The molecule has 0 radical (unpaired) electrons. The number of nitrogens with zero attached hydrogens (tertiary/aromatic N) is 2. The summed E-state index contributed by atoms with van der Waals surface area (Å²) in [6.45, 7) is 3.86. The molecule has 1 heterocycles. The summed E-state index contributed by atoms with van der Waals surface area (Å²) in [6, 6.07) is 26.2. The summed E-state index contributed by atoms with van der Waals surface area (Å²) in [5.41, 5.74) is 1.14. The van der Waals surface area contributed by atoms with E-state index < -0.39 is 10.0 Å². The van der Waals surface area contributed by atoms with Crippen molar-refractivity contribution < 1.29 is 17.9 Å². The van der Waals surface area contributed by atoms with Gasteiger partial charge in [0.25, 0.3) is 10.0 Å². The third-order valence-electron chi connectivity index (χ3n) is 4.47. The molecular weight excluding hydrogens is 438 g/mol. The Kier molecular flexibility index (Phi) is 6.55. The lowest BCUT2D eigenvalue weighted by Gasteiger charge is -2.15. The smallest absolute Gasteiger partial charge is 0.264 e. The van der Waals surface area contributed by atoms with Crippen molar-refractivity contribution >= 4 is 16.0 Å². The van der Waals surface area contributed by atoms with Gasteiger partial charge in [0, 0.05) is 11.6 Å². The Hall–Kier alpha value is -3.91. The van der Waals surface area contributed by atoms with Crippen molar-refractivity contribution in [2.24, 2.45) is 0 Å². The van der Waals surface area contributed by atoms with Crippen LogP contribution in [0, 0.1) is 0 Å². The van der Waals surface area contributed by atoms with Crippen molar-refractivity contribution in [2.45, 2.75) is 24.8 Å². The second-order valence-electron chi connectivity index (χ2n) is 7.41. The van der Waals surface area contributed by atoms with Gasteiger partial charge in [0.1, 0.15) is 11.5 Å². The first kappa shape index (κ1) is 22.3. The van der Waals surface area contributed by atoms with Crippen molar-refractivity contribution in [1.29, 1.82) is 0 Å². The van der Waals surface area contributed by atoms with E-state index in [4.69, 9.17) is 9.47 Å². The third-order valence-corrected chi connectivity index (χ3v) is 5.82. The molecule has 4 aromatic rings. The maximum Gasteiger partial charge on any atom is 0.264 e. The van der Waals surface area contributed by atoms with Crippen LogP contribution in [0.25, 0.3) is 11.3 Å². The van der Waals surface area contributed by atoms with E-state index in [-0.39, 0.29) is 22.8 Å². The van der Waals surface area contributed by atoms with Gasteiger partial charge in [-0.05, 0) is 50.2 Å². The Morgan fingerprint density at radius 3 is 2.15 bits per heavy atom. The minimum atomic E-state index is -3.89. The average Bonchev–Trinajstić information content (AvgIpc) is 2.80. The lowest BCUT2D eigenvalue weighted by atomic mass is 10.1. The van der Waals surface area contributed by atoms with Gasteiger partial charge in [-0.15, -0.1) is 0 Å². The summed E-state index contributed by atoms with van der Waals surface area (Å²) in [5.74, 6) is 1.26. The van der Waals surface area contributed by atoms with Crippen LogP contribution in [0.1, 0.15) is 13.8 Å². The van der Waals surface area contributed by atoms with Crippen molar-refractivity contribution in [1.82, 2.24) is 9.97 Å². The van der Waals surface area contributed by atoms with Gasteiger partial charge in [0.05, 0.1) is 16.7 Å². The van der Waals surface area contributed by atoms with E-state index in [9.17, 15) is 8.42 Å². The van der Waals surface area contributed by atoms with Crippen molar-refractivity contribution in [3.05, 3.63) is 91.0 Å². The number of aromatic nitrogens is 2. The quantitative estimate of drug-likeness (QED) is 0.371. The number of para-hydroxylation sites is 2. The molecule has 4 rings (SSSR count). The monoisotopic (exact) mass is 461 g/mol. The number of anilines is 1. The van der Waals surface area contributed by atoms with Crippen molar-refractivity contribution in [2.75, 3.05) is 4.72 Å². The number of hydrogen-bond donors (Lipinski definition) is 1. The standard InChI is InChI=1S/C25H23N3O4S/c1-18(2)31-23-16-10-9-15-21(23)22-17-24(32-19-11-5-3-6-12-19)27-25(26-22)28-33(29,30)20-13-7-4-8-14-20/h3-18H,1-2H3,(H,26,27,28). The molecule has 3 aromatic carbocycles. The fourth-order valence-electron chi connectivity index (χ4n) is 3.08. The molecule has 7 nitrogen and oxygen atoms in total. The second-order valence-corrected chi connectivity index (χ2v) is 9.09. The molecule has 8 heteroatoms. The first-order valence-electron chi connectivity index (χ1n) is 10.4. The number of sulfonamides is 1. The molecule has 0 spiro atoms. The molecule has 1 N–H and O–H groups in total. The molecule has 0 saturated heterocycles. The number of rotatable bonds is 8. The summed E-state index contributed by atoms with van der Waals surface area (Å²) in [6.07, 6.45) is -0.0518. The van der Waals surface area contributed by atoms with Crippen LogP contribution in [-0.4, -0.2) is 24.5 Å². The van der Waals surface area contributed by atoms with Gasteiger partial charge in [-0.2, -0.15) is 4.98 Å². The van der Waals surface area contributed by atoms with Crippen LogP contribution in [0.15, 0.2) is 95.9 Å². The Balaban J connectivity index is 1.78. The topological polar surface area (TPSA) is 90.4 Å². The molecular formula is C25H23N3O4S. The Morgan fingerprint density at radius 1 is 0.818 bits per heavy atom. The fraction of sp³-hybridized carbons (Fsp3) is 0.120. The molecule has 0 aliphatic carbocycles. The Labute approximate surface area is 193 Å². The van der Waals surface area contributed by atoms with E-state index in [1.54, 1.807) is 36.4 Å². The van der Waals surface area contributed by atoms with Crippen LogP contribution in [0.2, 0.25) is 0 Å². The number of hydrogen-bond acceptors (Lipinski definition) is 6. The summed E-state index contributed by atoms with van der Waals surface area (Å²) >= 11 is 0. The highest BCUT2D eigenvalue weighted by molar-refractivity contribution is 7.92. The molecule has 0 unspecified atom stereocenters. The average molecular weight is 462 g/mol. The Morgan fingerprint density at radius 2 is 1.45 bits per heavy atom. The van der Waals surface area contributed by atoms with Gasteiger partial charge >= 0.3 is 0 Å². The zero-order valence-corrected chi connectivity index (χ0v) is 19.0. The van der Waals surface area contributed by atoms with Gasteiger partial charge in [0.2, 0.25) is 11.8 Å². The van der Waals surface area contributed by atoms with E-state index >= 15 is 0 Å². The van der Waals surface area contributed by atoms with E-state index in [1.165, 1.54) is 12.1 Å². The zero-order chi connectivity index (χ0) is 23.3. The zero-order valence-electron chi connectivity index (χ0n) is 18.2. The van der Waals surface area contributed by atoms with Gasteiger partial charge in [-0.25, -0.2) is 18.1 Å². The van der Waals surface area contributed by atoms with E-state index in [0.717, 1.165) is 0 Å². The van der Waals surface area contributed by atoms with Crippen LogP contribution in [-0.2, 0) is 10.0 Å². The largest absolute Gasteiger partial charge is 0.490 e. The molecule has 0 bridgehead atoms. The van der Waals surface area contributed by atoms with Crippen LogP contribution in [0.5, 0.6) is 17.4 Å². The number of nitrogens with one attached hydrogen (secondary N) is 1. The molecule has 0 atom stereocenters. The van der Waals surface area contributed by atoms with E-state index in [0.29, 0.717) is 22.8 Å². The molecule has 0 aliphatic heterocycles. The van der Waals surface area contributed by atoms with Gasteiger partial charge in [-0.3, -0.25) is 0 Å². The minimum absolute atomic E-state index is 0.0518. The molecule has 1 aromatic heterocycles. The first-order valence-corrected chi connectivity index (χ1v) is 11.8. The normalized spacial score (nSPS) is 11.2. The molecule has 0 saturated carbocycles. The number of benzene rings is 3. The molecule has 0 aliphatic rings. The highest BCUT2D eigenvalue weighted by Gasteiger charge is 2.19. The highest BCUT2D eigenvalue weighted by Crippen LogP contribution is 2.33. The maximum absolute atomic E-state index is 12.9. The van der Waals surface area contributed by atoms with Crippen LogP contribution in [0.4, 0.5) is 5.95 Å².